The fourth-order valence-electron chi connectivity index (χ4n) is 2.10. The van der Waals surface area contributed by atoms with Gasteiger partial charge in [-0.1, -0.05) is 18.2 Å². The SMILES string of the molecule is O=C(O)c1ccc(O)c(-c2cc3ccccc3[nH]2)c1. The molecule has 0 saturated carbocycles. The number of rotatable bonds is 2. The van der Waals surface area contributed by atoms with Gasteiger partial charge in [0.05, 0.1) is 11.3 Å². The van der Waals surface area contributed by atoms with Crippen molar-refractivity contribution in [2.75, 3.05) is 0 Å². The van der Waals surface area contributed by atoms with E-state index in [0.717, 1.165) is 10.9 Å². The highest BCUT2D eigenvalue weighted by atomic mass is 16.4. The van der Waals surface area contributed by atoms with Crippen LogP contribution in [-0.2, 0) is 0 Å². The van der Waals surface area contributed by atoms with Gasteiger partial charge in [-0.2, -0.15) is 0 Å². The summed E-state index contributed by atoms with van der Waals surface area (Å²) in [4.78, 5) is 14.1. The number of aromatic nitrogens is 1. The molecule has 2 aromatic carbocycles. The highest BCUT2D eigenvalue weighted by molar-refractivity contribution is 5.92. The maximum atomic E-state index is 11.0. The summed E-state index contributed by atoms with van der Waals surface area (Å²) in [6.45, 7) is 0. The molecule has 0 aliphatic rings. The second kappa shape index (κ2) is 4.17. The molecule has 19 heavy (non-hydrogen) atoms. The molecule has 4 nitrogen and oxygen atoms in total. The molecule has 1 heterocycles. The number of hydrogen-bond acceptors (Lipinski definition) is 2. The lowest BCUT2D eigenvalue weighted by molar-refractivity contribution is 0.0697. The predicted octanol–water partition coefficient (Wildman–Crippen LogP) is 3.24. The lowest BCUT2D eigenvalue weighted by atomic mass is 10.1. The maximum Gasteiger partial charge on any atom is 0.335 e. The topological polar surface area (TPSA) is 73.3 Å². The van der Waals surface area contributed by atoms with Crippen LogP contribution in [0.25, 0.3) is 22.2 Å². The van der Waals surface area contributed by atoms with Gasteiger partial charge in [0.2, 0.25) is 0 Å². The molecule has 0 spiro atoms. The van der Waals surface area contributed by atoms with E-state index in [-0.39, 0.29) is 11.3 Å². The van der Waals surface area contributed by atoms with Crippen LogP contribution in [0.2, 0.25) is 0 Å². The Kier molecular flexibility index (Phi) is 2.49. The van der Waals surface area contributed by atoms with Gasteiger partial charge in [-0.25, -0.2) is 4.79 Å². The summed E-state index contributed by atoms with van der Waals surface area (Å²) in [6, 6.07) is 13.8. The Bertz CT molecular complexity index is 741. The number of phenolic OH excluding ortho intramolecular Hbond substituents is 1. The highest BCUT2D eigenvalue weighted by Crippen LogP contribution is 2.31. The fourth-order valence-corrected chi connectivity index (χ4v) is 2.10. The second-order valence-corrected chi connectivity index (χ2v) is 4.31. The minimum absolute atomic E-state index is 0.0524. The summed E-state index contributed by atoms with van der Waals surface area (Å²) in [6.07, 6.45) is 0. The van der Waals surface area contributed by atoms with E-state index in [4.69, 9.17) is 5.11 Å². The third kappa shape index (κ3) is 1.93. The minimum Gasteiger partial charge on any atom is -0.507 e. The van der Waals surface area contributed by atoms with Crippen molar-refractivity contribution in [2.24, 2.45) is 0 Å². The number of benzene rings is 2. The number of aromatic amines is 1. The van der Waals surface area contributed by atoms with E-state index in [1.807, 2.05) is 30.3 Å². The summed E-state index contributed by atoms with van der Waals surface area (Å²) >= 11 is 0. The molecule has 3 N–H and O–H groups in total. The Hall–Kier alpha value is -2.75. The molecule has 0 amide bonds. The average molecular weight is 253 g/mol. The van der Waals surface area contributed by atoms with E-state index in [9.17, 15) is 9.90 Å². The van der Waals surface area contributed by atoms with Gasteiger partial charge in [0.15, 0.2) is 0 Å². The van der Waals surface area contributed by atoms with Crippen molar-refractivity contribution in [3.63, 3.8) is 0 Å². The molecule has 1 aromatic heterocycles. The van der Waals surface area contributed by atoms with Crippen LogP contribution in [0.15, 0.2) is 48.5 Å². The molecule has 0 aliphatic carbocycles. The van der Waals surface area contributed by atoms with Crippen LogP contribution in [0.5, 0.6) is 5.75 Å². The molecule has 3 aromatic rings. The van der Waals surface area contributed by atoms with Gasteiger partial charge < -0.3 is 15.2 Å². The van der Waals surface area contributed by atoms with Crippen molar-refractivity contribution in [3.05, 3.63) is 54.1 Å². The van der Waals surface area contributed by atoms with E-state index in [0.29, 0.717) is 11.3 Å². The Morgan fingerprint density at radius 1 is 1.05 bits per heavy atom. The normalized spacial score (nSPS) is 10.7. The molecule has 94 valence electrons. The molecule has 4 heteroatoms. The van der Waals surface area contributed by atoms with Crippen LogP contribution in [0.1, 0.15) is 10.4 Å². The minimum atomic E-state index is -1.02. The van der Waals surface area contributed by atoms with Crippen LogP contribution >= 0.6 is 0 Å². The molecule has 0 radical (unpaired) electrons. The molecule has 0 bridgehead atoms. The Morgan fingerprint density at radius 3 is 2.58 bits per heavy atom. The quantitative estimate of drug-likeness (QED) is 0.656. The van der Waals surface area contributed by atoms with Gasteiger partial charge in [-0.3, -0.25) is 0 Å². The van der Waals surface area contributed by atoms with Gasteiger partial charge in [0, 0.05) is 16.5 Å². The van der Waals surface area contributed by atoms with Gasteiger partial charge in [0.25, 0.3) is 0 Å². The Labute approximate surface area is 108 Å². The molecule has 0 saturated heterocycles. The average Bonchev–Trinajstić information content (AvgIpc) is 2.82. The molecule has 0 unspecified atom stereocenters. The summed E-state index contributed by atoms with van der Waals surface area (Å²) < 4.78 is 0. The smallest absolute Gasteiger partial charge is 0.335 e. The standard InChI is InChI=1S/C15H11NO3/c17-14-6-5-10(15(18)19)7-11(14)13-8-9-3-1-2-4-12(9)16-13/h1-8,16-17H,(H,18,19). The predicted molar refractivity (Wildman–Crippen MR) is 72.4 cm³/mol. The first-order valence-electron chi connectivity index (χ1n) is 5.79. The molecule has 0 fully saturated rings. The fraction of sp³-hybridized carbons (Fsp3) is 0. The number of carbonyl (C=O) groups is 1. The summed E-state index contributed by atoms with van der Waals surface area (Å²) in [5.41, 5.74) is 2.27. The van der Waals surface area contributed by atoms with Gasteiger partial charge in [-0.05, 0) is 30.3 Å². The van der Waals surface area contributed by atoms with Crippen molar-refractivity contribution < 1.29 is 15.0 Å². The van der Waals surface area contributed by atoms with Gasteiger partial charge >= 0.3 is 5.97 Å². The number of fused-ring (bicyclic) bond motifs is 1. The van der Waals surface area contributed by atoms with Crippen LogP contribution in [0.4, 0.5) is 0 Å². The molecular weight excluding hydrogens is 242 g/mol. The van der Waals surface area contributed by atoms with Crippen LogP contribution < -0.4 is 0 Å². The second-order valence-electron chi connectivity index (χ2n) is 4.31. The van der Waals surface area contributed by atoms with Crippen LogP contribution in [-0.4, -0.2) is 21.2 Å². The van der Waals surface area contributed by atoms with E-state index >= 15 is 0 Å². The monoisotopic (exact) mass is 253 g/mol. The van der Waals surface area contributed by atoms with Crippen molar-refractivity contribution in [3.8, 4) is 17.0 Å². The molecule has 3 rings (SSSR count). The van der Waals surface area contributed by atoms with Crippen LogP contribution in [0.3, 0.4) is 0 Å². The number of hydrogen-bond donors (Lipinski definition) is 3. The molecular formula is C15H11NO3. The van der Waals surface area contributed by atoms with E-state index in [1.165, 1.54) is 18.2 Å². The van der Waals surface area contributed by atoms with Crippen molar-refractivity contribution in [2.45, 2.75) is 0 Å². The largest absolute Gasteiger partial charge is 0.507 e. The number of carboxylic acid groups (broad SMARTS) is 1. The number of nitrogens with one attached hydrogen (secondary N) is 1. The van der Waals surface area contributed by atoms with E-state index in [1.54, 1.807) is 0 Å². The number of carboxylic acids is 1. The lowest BCUT2D eigenvalue weighted by Gasteiger charge is -2.03. The van der Waals surface area contributed by atoms with Crippen molar-refractivity contribution in [1.29, 1.82) is 0 Å². The zero-order chi connectivity index (χ0) is 13.4. The van der Waals surface area contributed by atoms with Gasteiger partial charge in [0.1, 0.15) is 5.75 Å². The Morgan fingerprint density at radius 2 is 1.84 bits per heavy atom. The molecule has 0 aliphatic heterocycles. The third-order valence-electron chi connectivity index (χ3n) is 3.06. The highest BCUT2D eigenvalue weighted by Gasteiger charge is 2.11. The summed E-state index contributed by atoms with van der Waals surface area (Å²) in [7, 11) is 0. The first kappa shape index (κ1) is 11.3. The number of phenols is 1. The van der Waals surface area contributed by atoms with E-state index < -0.39 is 5.97 Å². The molecule has 0 atom stereocenters. The van der Waals surface area contributed by atoms with Crippen molar-refractivity contribution in [1.82, 2.24) is 4.98 Å². The van der Waals surface area contributed by atoms with Crippen molar-refractivity contribution >= 4 is 16.9 Å². The zero-order valence-electron chi connectivity index (χ0n) is 9.92. The van der Waals surface area contributed by atoms with Crippen LogP contribution in [0, 0.1) is 0 Å². The van der Waals surface area contributed by atoms with Gasteiger partial charge in [-0.15, -0.1) is 0 Å². The number of aromatic carboxylic acids is 1. The first-order chi connectivity index (χ1) is 9.15. The number of aromatic hydroxyl groups is 1. The number of H-pyrrole nitrogens is 1. The maximum absolute atomic E-state index is 11.0. The number of para-hydroxylation sites is 1. The first-order valence-corrected chi connectivity index (χ1v) is 5.79. The summed E-state index contributed by atoms with van der Waals surface area (Å²) in [5.74, 6) is -0.964. The zero-order valence-corrected chi connectivity index (χ0v) is 9.92. The lowest BCUT2D eigenvalue weighted by Crippen LogP contribution is -1.96. The van der Waals surface area contributed by atoms with E-state index in [2.05, 4.69) is 4.98 Å². The third-order valence-corrected chi connectivity index (χ3v) is 3.06. The Balaban J connectivity index is 2.20. The summed E-state index contributed by atoms with van der Waals surface area (Å²) in [5, 5.41) is 19.9.